The predicted molar refractivity (Wildman–Crippen MR) is 79.4 cm³/mol. The van der Waals surface area contributed by atoms with Gasteiger partial charge in [-0.3, -0.25) is 4.31 Å². The van der Waals surface area contributed by atoms with Crippen molar-refractivity contribution < 1.29 is 13.2 Å². The van der Waals surface area contributed by atoms with Crippen LogP contribution >= 0.6 is 0 Å². The maximum absolute atomic E-state index is 12.5. The maximum Gasteiger partial charge on any atom is 0.264 e. The smallest absolute Gasteiger partial charge is 0.264 e. The molecule has 0 atom stereocenters. The molecular weight excluding hydrogens is 276 g/mol. The zero-order chi connectivity index (χ0) is 14.8. The van der Waals surface area contributed by atoms with Gasteiger partial charge in [-0.25, -0.2) is 8.42 Å². The molecule has 0 saturated carbocycles. The van der Waals surface area contributed by atoms with E-state index in [4.69, 9.17) is 10.5 Å². The van der Waals surface area contributed by atoms with E-state index in [1.54, 1.807) is 24.3 Å². The molecule has 0 amide bonds. The van der Waals surface area contributed by atoms with E-state index in [9.17, 15) is 8.42 Å². The molecule has 0 fully saturated rings. The SMILES string of the molecule is COc1cc(S(=O)(=O)N(C)c2ccccc2)ccc1N. The van der Waals surface area contributed by atoms with Gasteiger partial charge in [0.05, 0.1) is 23.4 Å². The lowest BCUT2D eigenvalue weighted by Gasteiger charge is -2.20. The number of rotatable bonds is 4. The van der Waals surface area contributed by atoms with Gasteiger partial charge in [-0.15, -0.1) is 0 Å². The van der Waals surface area contributed by atoms with Gasteiger partial charge in [-0.1, -0.05) is 18.2 Å². The van der Waals surface area contributed by atoms with Crippen LogP contribution in [0.1, 0.15) is 0 Å². The molecule has 0 unspecified atom stereocenters. The van der Waals surface area contributed by atoms with Crippen LogP contribution in [0, 0.1) is 0 Å². The summed E-state index contributed by atoms with van der Waals surface area (Å²) in [7, 11) is -0.689. The average molecular weight is 292 g/mol. The van der Waals surface area contributed by atoms with E-state index in [1.165, 1.54) is 36.7 Å². The summed E-state index contributed by atoms with van der Waals surface area (Å²) >= 11 is 0. The van der Waals surface area contributed by atoms with Crippen molar-refractivity contribution in [3.63, 3.8) is 0 Å². The van der Waals surface area contributed by atoms with Gasteiger partial charge in [0.2, 0.25) is 0 Å². The second-order valence-corrected chi connectivity index (χ2v) is 6.18. The Labute approximate surface area is 118 Å². The Morgan fingerprint density at radius 3 is 2.35 bits per heavy atom. The first-order valence-corrected chi connectivity index (χ1v) is 7.38. The Morgan fingerprint density at radius 1 is 1.10 bits per heavy atom. The maximum atomic E-state index is 12.5. The Bertz CT molecular complexity index is 700. The third-order valence-corrected chi connectivity index (χ3v) is 4.76. The molecule has 20 heavy (non-hydrogen) atoms. The molecule has 0 radical (unpaired) electrons. The fraction of sp³-hybridized carbons (Fsp3) is 0.143. The lowest BCUT2D eigenvalue weighted by atomic mass is 10.3. The minimum Gasteiger partial charge on any atom is -0.495 e. The Morgan fingerprint density at radius 2 is 1.75 bits per heavy atom. The molecule has 0 aliphatic carbocycles. The number of para-hydroxylation sites is 1. The number of nitrogens with two attached hydrogens (primary N) is 1. The number of hydrogen-bond donors (Lipinski definition) is 1. The van der Waals surface area contributed by atoms with Gasteiger partial charge in [0.25, 0.3) is 10.0 Å². The van der Waals surface area contributed by atoms with Crippen LogP contribution in [0.4, 0.5) is 11.4 Å². The summed E-state index contributed by atoms with van der Waals surface area (Å²) in [6.07, 6.45) is 0. The molecule has 0 bridgehead atoms. The average Bonchev–Trinajstić information content (AvgIpc) is 2.47. The van der Waals surface area contributed by atoms with Crippen molar-refractivity contribution in [2.24, 2.45) is 0 Å². The van der Waals surface area contributed by atoms with Crippen LogP contribution in [0.25, 0.3) is 0 Å². The molecule has 2 N–H and O–H groups in total. The number of sulfonamides is 1. The highest BCUT2D eigenvalue weighted by atomic mass is 32.2. The van der Waals surface area contributed by atoms with Gasteiger partial charge >= 0.3 is 0 Å². The van der Waals surface area contributed by atoms with Gasteiger partial charge in [0.15, 0.2) is 0 Å². The van der Waals surface area contributed by atoms with Crippen molar-refractivity contribution in [1.29, 1.82) is 0 Å². The normalized spacial score (nSPS) is 11.1. The minimum atomic E-state index is -3.64. The highest BCUT2D eigenvalue weighted by Gasteiger charge is 2.22. The molecule has 0 aromatic heterocycles. The second-order valence-electron chi connectivity index (χ2n) is 4.21. The quantitative estimate of drug-likeness (QED) is 0.876. The number of nitrogen functional groups attached to an aromatic ring is 1. The summed E-state index contributed by atoms with van der Waals surface area (Å²) in [5.41, 5.74) is 6.68. The van der Waals surface area contributed by atoms with Gasteiger partial charge in [-0.05, 0) is 24.3 Å². The van der Waals surface area contributed by atoms with Crippen molar-refractivity contribution in [1.82, 2.24) is 0 Å². The van der Waals surface area contributed by atoms with Gasteiger partial charge in [0.1, 0.15) is 5.75 Å². The number of hydrogen-bond acceptors (Lipinski definition) is 4. The molecule has 0 spiro atoms. The Balaban J connectivity index is 2.45. The van der Waals surface area contributed by atoms with Crippen LogP contribution in [-0.2, 0) is 10.0 Å². The third kappa shape index (κ3) is 2.55. The summed E-state index contributed by atoms with van der Waals surface area (Å²) < 4.78 is 31.4. The zero-order valence-corrected chi connectivity index (χ0v) is 12.1. The highest BCUT2D eigenvalue weighted by molar-refractivity contribution is 7.92. The van der Waals surface area contributed by atoms with Gasteiger partial charge in [-0.2, -0.15) is 0 Å². The van der Waals surface area contributed by atoms with Crippen molar-refractivity contribution in [2.75, 3.05) is 24.2 Å². The van der Waals surface area contributed by atoms with E-state index in [-0.39, 0.29) is 4.90 Å². The topological polar surface area (TPSA) is 72.6 Å². The Kier molecular flexibility index (Phi) is 3.85. The molecule has 106 valence electrons. The summed E-state index contributed by atoms with van der Waals surface area (Å²) in [4.78, 5) is 0.134. The second kappa shape index (κ2) is 5.42. The molecule has 0 aliphatic heterocycles. The van der Waals surface area contributed by atoms with E-state index in [0.717, 1.165) is 0 Å². The van der Waals surface area contributed by atoms with E-state index in [1.807, 2.05) is 6.07 Å². The standard InChI is InChI=1S/C14H16N2O3S/c1-16(11-6-4-3-5-7-11)20(17,18)12-8-9-13(15)14(10-12)19-2/h3-10H,15H2,1-2H3. The number of benzene rings is 2. The number of anilines is 2. The number of methoxy groups -OCH3 is 1. The molecule has 2 rings (SSSR count). The van der Waals surface area contributed by atoms with E-state index >= 15 is 0 Å². The lowest BCUT2D eigenvalue weighted by Crippen LogP contribution is -2.26. The van der Waals surface area contributed by atoms with Crippen LogP contribution in [0.3, 0.4) is 0 Å². The van der Waals surface area contributed by atoms with Crippen LogP contribution in [-0.4, -0.2) is 22.6 Å². The molecule has 0 aliphatic rings. The molecule has 2 aromatic rings. The monoisotopic (exact) mass is 292 g/mol. The van der Waals surface area contributed by atoms with Crippen molar-refractivity contribution in [3.8, 4) is 5.75 Å². The first kappa shape index (κ1) is 14.2. The predicted octanol–water partition coefficient (Wildman–Crippen LogP) is 2.10. The Hall–Kier alpha value is -2.21. The van der Waals surface area contributed by atoms with E-state index in [2.05, 4.69) is 0 Å². The fourth-order valence-corrected chi connectivity index (χ4v) is 3.00. The lowest BCUT2D eigenvalue weighted by molar-refractivity contribution is 0.415. The first-order chi connectivity index (χ1) is 9.46. The van der Waals surface area contributed by atoms with Gasteiger partial charge in [0, 0.05) is 13.1 Å². The third-order valence-electron chi connectivity index (χ3n) is 2.98. The molecule has 0 saturated heterocycles. The van der Waals surface area contributed by atoms with E-state index in [0.29, 0.717) is 17.1 Å². The van der Waals surface area contributed by atoms with Crippen LogP contribution in [0.2, 0.25) is 0 Å². The largest absolute Gasteiger partial charge is 0.495 e. The van der Waals surface area contributed by atoms with Crippen molar-refractivity contribution in [2.45, 2.75) is 4.90 Å². The molecule has 2 aromatic carbocycles. The molecule has 6 heteroatoms. The van der Waals surface area contributed by atoms with Gasteiger partial charge < -0.3 is 10.5 Å². The number of nitrogens with zero attached hydrogens (tertiary/aromatic N) is 1. The van der Waals surface area contributed by atoms with Crippen molar-refractivity contribution >= 4 is 21.4 Å². The van der Waals surface area contributed by atoms with Crippen molar-refractivity contribution in [3.05, 3.63) is 48.5 Å². The summed E-state index contributed by atoms with van der Waals surface area (Å²) in [6.45, 7) is 0. The summed E-state index contributed by atoms with van der Waals surface area (Å²) in [5, 5.41) is 0. The van der Waals surface area contributed by atoms with Crippen LogP contribution in [0.15, 0.2) is 53.4 Å². The van der Waals surface area contributed by atoms with Crippen LogP contribution < -0.4 is 14.8 Å². The number of ether oxygens (including phenoxy) is 1. The highest BCUT2D eigenvalue weighted by Crippen LogP contribution is 2.28. The summed E-state index contributed by atoms with van der Waals surface area (Å²) in [5.74, 6) is 0.340. The minimum absolute atomic E-state index is 0.134. The van der Waals surface area contributed by atoms with E-state index < -0.39 is 10.0 Å². The molecule has 5 nitrogen and oxygen atoms in total. The fourth-order valence-electron chi connectivity index (χ4n) is 1.79. The first-order valence-electron chi connectivity index (χ1n) is 5.94. The van der Waals surface area contributed by atoms with Crippen LogP contribution in [0.5, 0.6) is 5.75 Å². The molecule has 0 heterocycles. The zero-order valence-electron chi connectivity index (χ0n) is 11.3. The summed E-state index contributed by atoms with van der Waals surface area (Å²) in [6, 6.07) is 13.3. The molecular formula is C14H16N2O3S.